The monoisotopic (exact) mass is 829 g/mol. The van der Waals surface area contributed by atoms with Crippen LogP contribution < -0.4 is 15.5 Å². The molecule has 1 saturated carbocycles. The van der Waals surface area contributed by atoms with Crippen molar-refractivity contribution in [2.75, 3.05) is 42.1 Å². The number of anilines is 3. The van der Waals surface area contributed by atoms with E-state index in [0.29, 0.717) is 73.1 Å². The number of fused-ring (bicyclic) bond motifs is 2. The third-order valence-electron chi connectivity index (χ3n) is 12.0. The highest BCUT2D eigenvalue weighted by atomic mass is 32.2. The molecule has 2 aromatic carbocycles. The molecule has 6 heterocycles. The van der Waals surface area contributed by atoms with Crippen LogP contribution in [-0.2, 0) is 25.0 Å². The van der Waals surface area contributed by atoms with Crippen LogP contribution >= 0.6 is 0 Å². The summed E-state index contributed by atoms with van der Waals surface area (Å²) in [6, 6.07) is 15.0. The molecule has 60 heavy (non-hydrogen) atoms. The van der Waals surface area contributed by atoms with Crippen LogP contribution in [0.1, 0.15) is 70.1 Å². The highest BCUT2D eigenvalue weighted by molar-refractivity contribution is 7.92. The van der Waals surface area contributed by atoms with E-state index in [0.717, 1.165) is 16.0 Å². The zero-order valence-corrected chi connectivity index (χ0v) is 33.2. The number of H-pyrrole nitrogens is 1. The number of aromatic amines is 1. The summed E-state index contributed by atoms with van der Waals surface area (Å²) in [6.07, 6.45) is 6.12. The van der Waals surface area contributed by atoms with Crippen LogP contribution in [0.25, 0.3) is 22.3 Å². The number of nitrogens with zero attached hydrogens (tertiary/aromatic N) is 8. The van der Waals surface area contributed by atoms with Gasteiger partial charge in [-0.05, 0) is 67.8 Å². The zero-order chi connectivity index (χ0) is 41.9. The van der Waals surface area contributed by atoms with Gasteiger partial charge in [-0.1, -0.05) is 6.92 Å². The smallest absolute Gasteiger partial charge is 0.262 e. The van der Waals surface area contributed by atoms with E-state index in [1.165, 1.54) is 0 Å². The van der Waals surface area contributed by atoms with Crippen molar-refractivity contribution in [2.24, 2.45) is 0 Å². The number of amides is 5. The van der Waals surface area contributed by atoms with Crippen molar-refractivity contribution >= 4 is 67.7 Å². The fourth-order valence-electron chi connectivity index (χ4n) is 8.59. The predicted octanol–water partition coefficient (Wildman–Crippen LogP) is 3.13. The maximum atomic E-state index is 13.6. The van der Waals surface area contributed by atoms with Gasteiger partial charge in [0.2, 0.25) is 17.8 Å². The van der Waals surface area contributed by atoms with Crippen molar-refractivity contribution in [1.29, 1.82) is 5.26 Å². The maximum Gasteiger partial charge on any atom is 0.262 e. The molecule has 19 heteroatoms. The number of aromatic nitrogens is 5. The number of benzene rings is 2. The fourth-order valence-corrected chi connectivity index (χ4v) is 10.2. The average molecular weight is 830 g/mol. The standard InChI is InChI=1S/C41H39N11O7S/c1-2-60(58,59)28-20-41(21-28,12-13-42)51-23-25(22-44-51)34-30-11-14-43-35(30)48-40(47-34)45-26-5-3-24(4-6-26)37(55)50-17-15-49(16-18-50)27-7-8-29-31(19-27)39(57)52(38(29)56)32-9-10-33(53)46-36(32)54/h3-8,11,14,19,22-23,28,32H,2,9-10,12,15-18,20-21H2,1H3,(H,46,53,54)(H2,43,45,47,48). The number of carbonyl (C=O) groups is 5. The van der Waals surface area contributed by atoms with Crippen molar-refractivity contribution in [3.63, 3.8) is 0 Å². The first-order valence-electron chi connectivity index (χ1n) is 19.6. The van der Waals surface area contributed by atoms with E-state index in [9.17, 15) is 37.7 Å². The minimum atomic E-state index is -3.23. The molecular weight excluding hydrogens is 791 g/mol. The fraction of sp³-hybridized carbons (Fsp3) is 0.341. The number of carbonyl (C=O) groups excluding carboxylic acids is 5. The second-order valence-electron chi connectivity index (χ2n) is 15.5. The Bertz CT molecular complexity index is 2760. The minimum absolute atomic E-state index is 0.0443. The molecule has 3 fully saturated rings. The number of piperazine rings is 1. The molecule has 1 atom stereocenters. The molecule has 18 nitrogen and oxygen atoms in total. The quantitative estimate of drug-likeness (QED) is 0.172. The Hall–Kier alpha value is -6.94. The first-order valence-corrected chi connectivity index (χ1v) is 21.4. The van der Waals surface area contributed by atoms with Crippen LogP contribution in [-0.4, -0.2) is 116 Å². The average Bonchev–Trinajstić information content (AvgIpc) is 3.98. The van der Waals surface area contributed by atoms with Crippen molar-refractivity contribution in [3.05, 3.63) is 83.8 Å². The molecular formula is C41H39N11O7S. The van der Waals surface area contributed by atoms with Crippen molar-refractivity contribution in [1.82, 2.24) is 39.8 Å². The molecule has 3 aliphatic heterocycles. The first-order chi connectivity index (χ1) is 28.9. The number of rotatable bonds is 10. The van der Waals surface area contributed by atoms with Crippen LogP contribution in [0, 0.1) is 11.3 Å². The summed E-state index contributed by atoms with van der Waals surface area (Å²) in [5.41, 5.74) is 3.43. The zero-order valence-electron chi connectivity index (χ0n) is 32.4. The molecule has 5 amide bonds. The van der Waals surface area contributed by atoms with Crippen LogP contribution in [0.15, 0.2) is 67.1 Å². The Morgan fingerprint density at radius 1 is 0.983 bits per heavy atom. The highest BCUT2D eigenvalue weighted by Gasteiger charge is 2.51. The number of hydrogen-bond acceptors (Lipinski definition) is 13. The van der Waals surface area contributed by atoms with Gasteiger partial charge in [0.05, 0.1) is 46.3 Å². The number of nitriles is 1. The summed E-state index contributed by atoms with van der Waals surface area (Å²) < 4.78 is 26.7. The molecule has 1 unspecified atom stereocenters. The van der Waals surface area contributed by atoms with Gasteiger partial charge in [0.25, 0.3) is 17.7 Å². The molecule has 9 rings (SSSR count). The number of imide groups is 2. The van der Waals surface area contributed by atoms with Crippen LogP contribution in [0.2, 0.25) is 0 Å². The van der Waals surface area contributed by atoms with Gasteiger partial charge in [-0.25, -0.2) is 13.4 Å². The lowest BCUT2D eigenvalue weighted by Gasteiger charge is -2.45. The van der Waals surface area contributed by atoms with Crippen LogP contribution in [0.5, 0.6) is 0 Å². The molecule has 0 bridgehead atoms. The number of hydrogen-bond donors (Lipinski definition) is 3. The highest BCUT2D eigenvalue weighted by Crippen LogP contribution is 2.46. The van der Waals surface area contributed by atoms with Gasteiger partial charge < -0.3 is 20.1 Å². The van der Waals surface area contributed by atoms with E-state index < -0.39 is 50.3 Å². The summed E-state index contributed by atoms with van der Waals surface area (Å²) in [5, 5.41) is 19.9. The number of nitrogens with one attached hydrogen (secondary N) is 3. The van der Waals surface area contributed by atoms with Gasteiger partial charge in [0, 0.05) is 78.6 Å². The SMILES string of the molecule is CCS(=O)(=O)C1CC(CC#N)(n2cc(-c3nc(Nc4ccc(C(=O)N5CCN(c6ccc7c(c6)C(=O)N(C6CCC(=O)NC6=O)C7=O)CC5)cc4)nc4[nH]ccc34)cn2)C1. The molecule has 3 aromatic heterocycles. The van der Waals surface area contributed by atoms with E-state index in [-0.39, 0.29) is 42.0 Å². The summed E-state index contributed by atoms with van der Waals surface area (Å²) in [5.74, 6) is -2.01. The van der Waals surface area contributed by atoms with E-state index in [2.05, 4.69) is 31.8 Å². The normalized spacial score (nSPS) is 21.8. The van der Waals surface area contributed by atoms with E-state index in [4.69, 9.17) is 4.98 Å². The lowest BCUT2D eigenvalue weighted by molar-refractivity contribution is -0.136. The third kappa shape index (κ3) is 6.62. The molecule has 306 valence electrons. The van der Waals surface area contributed by atoms with Crippen molar-refractivity contribution in [3.8, 4) is 17.3 Å². The number of sulfone groups is 1. The largest absolute Gasteiger partial charge is 0.368 e. The lowest BCUT2D eigenvalue weighted by atomic mass is 9.74. The summed E-state index contributed by atoms with van der Waals surface area (Å²) in [7, 11) is -3.23. The molecule has 1 aliphatic carbocycles. The topological polar surface area (TPSA) is 236 Å². The van der Waals surface area contributed by atoms with E-state index in [1.54, 1.807) is 77.6 Å². The Kier molecular flexibility index (Phi) is 9.46. The predicted molar refractivity (Wildman–Crippen MR) is 217 cm³/mol. The Morgan fingerprint density at radius 3 is 2.45 bits per heavy atom. The van der Waals surface area contributed by atoms with Gasteiger partial charge in [0.1, 0.15) is 11.7 Å². The van der Waals surface area contributed by atoms with E-state index in [1.807, 2.05) is 11.0 Å². The van der Waals surface area contributed by atoms with Crippen molar-refractivity contribution < 1.29 is 32.4 Å². The molecule has 0 radical (unpaired) electrons. The number of piperidine rings is 1. The van der Waals surface area contributed by atoms with Crippen LogP contribution in [0.3, 0.4) is 0 Å². The van der Waals surface area contributed by atoms with Crippen LogP contribution in [0.4, 0.5) is 17.3 Å². The molecule has 4 aliphatic rings. The first kappa shape index (κ1) is 38.6. The molecule has 5 aromatic rings. The molecule has 2 saturated heterocycles. The molecule has 3 N–H and O–H groups in total. The molecule has 0 spiro atoms. The lowest BCUT2D eigenvalue weighted by Crippen LogP contribution is -2.54. The third-order valence-corrected chi connectivity index (χ3v) is 14.2. The summed E-state index contributed by atoms with van der Waals surface area (Å²) in [4.78, 5) is 81.4. The second-order valence-corrected chi connectivity index (χ2v) is 18.1. The van der Waals surface area contributed by atoms with Gasteiger partial charge in [-0.3, -0.25) is 38.9 Å². The Morgan fingerprint density at radius 2 is 1.73 bits per heavy atom. The van der Waals surface area contributed by atoms with Crippen molar-refractivity contribution in [2.45, 2.75) is 55.9 Å². The van der Waals surface area contributed by atoms with Gasteiger partial charge in [-0.2, -0.15) is 15.3 Å². The van der Waals surface area contributed by atoms with Gasteiger partial charge >= 0.3 is 0 Å². The Labute approximate surface area is 343 Å². The Balaban J connectivity index is 0.845. The van der Waals surface area contributed by atoms with Gasteiger partial charge in [0.15, 0.2) is 9.84 Å². The van der Waals surface area contributed by atoms with E-state index >= 15 is 0 Å². The summed E-state index contributed by atoms with van der Waals surface area (Å²) in [6.45, 7) is 3.45. The second kappa shape index (κ2) is 14.7. The maximum absolute atomic E-state index is 13.6. The summed E-state index contributed by atoms with van der Waals surface area (Å²) >= 11 is 0. The van der Waals surface area contributed by atoms with Gasteiger partial charge in [-0.15, -0.1) is 0 Å². The minimum Gasteiger partial charge on any atom is -0.368 e.